The lowest BCUT2D eigenvalue weighted by Crippen LogP contribution is -2.34. The summed E-state index contributed by atoms with van der Waals surface area (Å²) in [5.41, 5.74) is 1.00. The summed E-state index contributed by atoms with van der Waals surface area (Å²) in [6.45, 7) is 4.00. The number of carbonyl (C=O) groups excluding carboxylic acids is 1. The van der Waals surface area contributed by atoms with Crippen molar-refractivity contribution in [3.05, 3.63) is 30.3 Å². The molecule has 0 N–H and O–H groups in total. The molecule has 0 spiro atoms. The molecule has 0 fully saturated rings. The van der Waals surface area contributed by atoms with E-state index in [0.717, 1.165) is 15.7 Å². The summed E-state index contributed by atoms with van der Waals surface area (Å²) in [7, 11) is 1.82. The van der Waals surface area contributed by atoms with E-state index in [1.807, 2.05) is 51.2 Å². The monoisotopic (exact) mass is 307 g/mol. The lowest BCUT2D eigenvalue weighted by Gasteiger charge is -2.20. The summed E-state index contributed by atoms with van der Waals surface area (Å²) in [6.07, 6.45) is 0. The summed E-state index contributed by atoms with van der Waals surface area (Å²) in [5.74, 6) is 1.24. The van der Waals surface area contributed by atoms with E-state index in [2.05, 4.69) is 9.36 Å². The molecule has 2 rings (SSSR count). The van der Waals surface area contributed by atoms with Crippen LogP contribution in [-0.2, 0) is 4.79 Å². The second-order valence-electron chi connectivity index (χ2n) is 4.64. The van der Waals surface area contributed by atoms with E-state index < -0.39 is 0 Å². The van der Waals surface area contributed by atoms with Crippen molar-refractivity contribution in [2.45, 2.75) is 24.2 Å². The molecule has 6 heteroatoms. The number of nitrogens with zero attached hydrogens (tertiary/aromatic N) is 3. The highest BCUT2D eigenvalue weighted by atomic mass is 32.2. The minimum absolute atomic E-state index is 0.112. The summed E-state index contributed by atoms with van der Waals surface area (Å²) in [6, 6.07) is 10.1. The third-order valence-electron chi connectivity index (χ3n) is 2.93. The van der Waals surface area contributed by atoms with E-state index in [-0.39, 0.29) is 11.9 Å². The second kappa shape index (κ2) is 6.85. The van der Waals surface area contributed by atoms with Crippen molar-refractivity contribution in [3.8, 4) is 11.4 Å². The highest BCUT2D eigenvalue weighted by molar-refractivity contribution is 8.01. The van der Waals surface area contributed by atoms with Crippen LogP contribution in [0, 0.1) is 0 Å². The van der Waals surface area contributed by atoms with Crippen LogP contribution in [0.25, 0.3) is 11.4 Å². The molecule has 0 aliphatic rings. The van der Waals surface area contributed by atoms with Gasteiger partial charge in [0.1, 0.15) is 0 Å². The zero-order valence-electron chi connectivity index (χ0n) is 11.7. The Labute approximate surface area is 127 Å². The van der Waals surface area contributed by atoms with Gasteiger partial charge in [0.25, 0.3) is 0 Å². The Morgan fingerprint density at radius 3 is 2.70 bits per heavy atom. The van der Waals surface area contributed by atoms with Crippen LogP contribution in [0.4, 0.5) is 0 Å². The molecular formula is C14H17N3OS2. The van der Waals surface area contributed by atoms with E-state index in [4.69, 9.17) is 0 Å². The van der Waals surface area contributed by atoms with Crippen LogP contribution < -0.4 is 0 Å². The van der Waals surface area contributed by atoms with Crippen molar-refractivity contribution in [3.63, 3.8) is 0 Å². The van der Waals surface area contributed by atoms with Gasteiger partial charge in [0, 0.05) is 18.7 Å². The van der Waals surface area contributed by atoms with Crippen LogP contribution in [0.15, 0.2) is 34.7 Å². The Balaban J connectivity index is 1.96. The van der Waals surface area contributed by atoms with Crippen molar-refractivity contribution >= 4 is 29.2 Å². The molecule has 1 amide bonds. The topological polar surface area (TPSA) is 46.1 Å². The summed E-state index contributed by atoms with van der Waals surface area (Å²) >= 11 is 2.78. The number of rotatable bonds is 5. The maximum atomic E-state index is 11.9. The standard InChI is InChI=1S/C14H17N3OS2/c1-10(2)17(3)12(18)9-19-14-15-13(16-20-14)11-7-5-4-6-8-11/h4-8,10H,9H2,1-3H3. The predicted octanol–water partition coefficient (Wildman–Crippen LogP) is 3.16. The van der Waals surface area contributed by atoms with Crippen LogP contribution in [0.5, 0.6) is 0 Å². The Bertz CT molecular complexity index is 569. The van der Waals surface area contributed by atoms with Crippen molar-refractivity contribution in [1.29, 1.82) is 0 Å². The van der Waals surface area contributed by atoms with Crippen molar-refractivity contribution in [1.82, 2.24) is 14.3 Å². The number of hydrogen-bond acceptors (Lipinski definition) is 5. The van der Waals surface area contributed by atoms with Gasteiger partial charge < -0.3 is 4.90 Å². The number of amides is 1. The lowest BCUT2D eigenvalue weighted by atomic mass is 10.2. The molecule has 2 aromatic rings. The Kier molecular flexibility index (Phi) is 5.14. The SMILES string of the molecule is CC(C)N(C)C(=O)CSc1nc(-c2ccccc2)ns1. The summed E-state index contributed by atoms with van der Waals surface area (Å²) in [5, 5.41) is 0. The van der Waals surface area contributed by atoms with E-state index >= 15 is 0 Å². The molecule has 4 nitrogen and oxygen atoms in total. The van der Waals surface area contributed by atoms with Crippen LogP contribution in [0.2, 0.25) is 0 Å². The molecule has 0 saturated heterocycles. The number of thioether (sulfide) groups is 1. The first-order valence-corrected chi connectivity index (χ1v) is 8.11. The van der Waals surface area contributed by atoms with Gasteiger partial charge in [-0.25, -0.2) is 4.98 Å². The quantitative estimate of drug-likeness (QED) is 0.796. The van der Waals surface area contributed by atoms with Gasteiger partial charge in [0.05, 0.1) is 5.75 Å². The molecule has 1 heterocycles. The fourth-order valence-electron chi connectivity index (χ4n) is 1.49. The lowest BCUT2D eigenvalue weighted by molar-refractivity contribution is -0.128. The third kappa shape index (κ3) is 3.80. The Hall–Kier alpha value is -1.40. The number of hydrogen-bond donors (Lipinski definition) is 0. The smallest absolute Gasteiger partial charge is 0.232 e. The Morgan fingerprint density at radius 2 is 2.05 bits per heavy atom. The van der Waals surface area contributed by atoms with Crippen molar-refractivity contribution in [2.24, 2.45) is 0 Å². The Morgan fingerprint density at radius 1 is 1.35 bits per heavy atom. The fourth-order valence-corrected chi connectivity index (χ4v) is 3.03. The van der Waals surface area contributed by atoms with Crippen molar-refractivity contribution in [2.75, 3.05) is 12.8 Å². The number of benzene rings is 1. The first-order chi connectivity index (χ1) is 9.58. The molecule has 1 aromatic carbocycles. The van der Waals surface area contributed by atoms with Gasteiger partial charge in [0.2, 0.25) is 5.91 Å². The average molecular weight is 307 g/mol. The summed E-state index contributed by atoms with van der Waals surface area (Å²) in [4.78, 5) is 18.1. The fraction of sp³-hybridized carbons (Fsp3) is 0.357. The first-order valence-electron chi connectivity index (χ1n) is 6.35. The zero-order chi connectivity index (χ0) is 14.5. The van der Waals surface area contributed by atoms with Crippen LogP contribution in [0.3, 0.4) is 0 Å². The average Bonchev–Trinajstić information content (AvgIpc) is 2.93. The van der Waals surface area contributed by atoms with E-state index in [1.54, 1.807) is 4.90 Å². The molecule has 106 valence electrons. The number of aromatic nitrogens is 2. The van der Waals surface area contributed by atoms with E-state index in [9.17, 15) is 4.79 Å². The maximum absolute atomic E-state index is 11.9. The predicted molar refractivity (Wildman–Crippen MR) is 84.0 cm³/mol. The van der Waals surface area contributed by atoms with E-state index in [0.29, 0.717) is 5.75 Å². The van der Waals surface area contributed by atoms with Gasteiger partial charge in [-0.2, -0.15) is 4.37 Å². The number of carbonyl (C=O) groups is 1. The maximum Gasteiger partial charge on any atom is 0.232 e. The second-order valence-corrected chi connectivity index (χ2v) is 6.61. The van der Waals surface area contributed by atoms with Gasteiger partial charge in [-0.05, 0) is 25.4 Å². The van der Waals surface area contributed by atoms with Crippen LogP contribution in [-0.4, -0.2) is 39.0 Å². The molecule has 0 atom stereocenters. The normalized spacial score (nSPS) is 10.8. The van der Waals surface area contributed by atoms with E-state index in [1.165, 1.54) is 23.3 Å². The minimum Gasteiger partial charge on any atom is -0.343 e. The molecular weight excluding hydrogens is 290 g/mol. The highest BCUT2D eigenvalue weighted by Crippen LogP contribution is 2.25. The first kappa shape index (κ1) is 15.0. The third-order valence-corrected chi connectivity index (χ3v) is 4.74. The van der Waals surface area contributed by atoms with Crippen LogP contribution >= 0.6 is 23.3 Å². The summed E-state index contributed by atoms with van der Waals surface area (Å²) < 4.78 is 5.16. The van der Waals surface area contributed by atoms with Gasteiger partial charge in [-0.15, -0.1) is 0 Å². The van der Waals surface area contributed by atoms with Gasteiger partial charge in [-0.3, -0.25) is 4.79 Å². The molecule has 0 saturated carbocycles. The largest absolute Gasteiger partial charge is 0.343 e. The molecule has 20 heavy (non-hydrogen) atoms. The molecule has 0 bridgehead atoms. The molecule has 0 aliphatic carbocycles. The van der Waals surface area contributed by atoms with Gasteiger partial charge in [0.15, 0.2) is 10.2 Å². The van der Waals surface area contributed by atoms with Gasteiger partial charge >= 0.3 is 0 Å². The van der Waals surface area contributed by atoms with Crippen LogP contribution in [0.1, 0.15) is 13.8 Å². The zero-order valence-corrected chi connectivity index (χ0v) is 13.4. The van der Waals surface area contributed by atoms with Gasteiger partial charge in [-0.1, -0.05) is 42.1 Å². The highest BCUT2D eigenvalue weighted by Gasteiger charge is 2.14. The minimum atomic E-state index is 0.112. The molecule has 0 aliphatic heterocycles. The van der Waals surface area contributed by atoms with Crippen molar-refractivity contribution < 1.29 is 4.79 Å². The molecule has 0 unspecified atom stereocenters. The molecule has 1 aromatic heterocycles. The molecule has 0 radical (unpaired) electrons.